The van der Waals surface area contributed by atoms with E-state index < -0.39 is 0 Å². The van der Waals surface area contributed by atoms with E-state index >= 15 is 0 Å². The van der Waals surface area contributed by atoms with Gasteiger partial charge >= 0.3 is 0 Å². The third kappa shape index (κ3) is 2.61. The summed E-state index contributed by atoms with van der Waals surface area (Å²) in [6.45, 7) is 0. The van der Waals surface area contributed by atoms with Crippen molar-refractivity contribution in [3.8, 4) is 0 Å². The Kier molecular flexibility index (Phi) is 3.42. The highest BCUT2D eigenvalue weighted by Crippen LogP contribution is 2.17. The highest BCUT2D eigenvalue weighted by Gasteiger charge is 2.10. The van der Waals surface area contributed by atoms with Crippen LogP contribution in [-0.4, -0.2) is 16.4 Å². The van der Waals surface area contributed by atoms with Gasteiger partial charge in [0.2, 0.25) is 0 Å². The van der Waals surface area contributed by atoms with E-state index in [9.17, 15) is 0 Å². The van der Waals surface area contributed by atoms with E-state index in [4.69, 9.17) is 0 Å². The molecule has 0 saturated carbocycles. The molecule has 2 rings (SSSR count). The van der Waals surface area contributed by atoms with Gasteiger partial charge < -0.3 is 5.32 Å². The van der Waals surface area contributed by atoms with Crippen LogP contribution in [0.25, 0.3) is 0 Å². The standard InChI is InChI=1S/C11H13N3S/c1-12-10(7-11-13-8-14-15-11)9-5-3-2-4-6-9/h2-6,8,10,12H,7H2,1H3. The van der Waals surface area contributed by atoms with E-state index in [0.29, 0.717) is 6.04 Å². The molecule has 15 heavy (non-hydrogen) atoms. The highest BCUT2D eigenvalue weighted by molar-refractivity contribution is 7.05. The predicted molar refractivity (Wildman–Crippen MR) is 61.9 cm³/mol. The second-order valence-electron chi connectivity index (χ2n) is 3.29. The van der Waals surface area contributed by atoms with Gasteiger partial charge in [-0.25, -0.2) is 4.98 Å². The Bertz CT molecular complexity index is 385. The second kappa shape index (κ2) is 5.00. The van der Waals surface area contributed by atoms with Crippen LogP contribution < -0.4 is 5.32 Å². The summed E-state index contributed by atoms with van der Waals surface area (Å²) in [4.78, 5) is 4.20. The van der Waals surface area contributed by atoms with Crippen molar-refractivity contribution in [3.63, 3.8) is 0 Å². The van der Waals surface area contributed by atoms with Gasteiger partial charge in [-0.2, -0.15) is 4.37 Å². The van der Waals surface area contributed by atoms with Gasteiger partial charge in [0.25, 0.3) is 0 Å². The van der Waals surface area contributed by atoms with Crippen LogP contribution in [0.4, 0.5) is 0 Å². The molecule has 0 radical (unpaired) electrons. The maximum absolute atomic E-state index is 4.20. The van der Waals surface area contributed by atoms with Gasteiger partial charge in [-0.1, -0.05) is 30.3 Å². The predicted octanol–water partition coefficient (Wildman–Crippen LogP) is 2.04. The normalized spacial score (nSPS) is 12.6. The zero-order chi connectivity index (χ0) is 10.5. The van der Waals surface area contributed by atoms with Crippen molar-refractivity contribution >= 4 is 11.5 Å². The minimum absolute atomic E-state index is 0.319. The van der Waals surface area contributed by atoms with Crippen LogP contribution in [0, 0.1) is 0 Å². The lowest BCUT2D eigenvalue weighted by Crippen LogP contribution is -2.18. The van der Waals surface area contributed by atoms with Crippen LogP contribution in [-0.2, 0) is 6.42 Å². The van der Waals surface area contributed by atoms with Crippen LogP contribution >= 0.6 is 11.5 Å². The van der Waals surface area contributed by atoms with Crippen molar-refractivity contribution in [2.45, 2.75) is 12.5 Å². The average molecular weight is 219 g/mol. The van der Waals surface area contributed by atoms with Crippen LogP contribution in [0.2, 0.25) is 0 Å². The molecule has 1 aromatic carbocycles. The number of nitrogens with one attached hydrogen (secondary N) is 1. The lowest BCUT2D eigenvalue weighted by molar-refractivity contribution is 0.590. The number of rotatable bonds is 4. The van der Waals surface area contributed by atoms with Gasteiger partial charge in [0.15, 0.2) is 0 Å². The van der Waals surface area contributed by atoms with Crippen molar-refractivity contribution < 1.29 is 0 Å². The van der Waals surface area contributed by atoms with Crippen molar-refractivity contribution in [2.24, 2.45) is 0 Å². The first-order valence-electron chi connectivity index (χ1n) is 4.88. The molecule has 1 atom stereocenters. The fraction of sp³-hybridized carbons (Fsp3) is 0.273. The van der Waals surface area contributed by atoms with Gasteiger partial charge in [-0.3, -0.25) is 0 Å². The van der Waals surface area contributed by atoms with E-state index in [1.54, 1.807) is 6.33 Å². The SMILES string of the molecule is CNC(Cc1ncns1)c1ccccc1. The first kappa shape index (κ1) is 10.3. The fourth-order valence-electron chi connectivity index (χ4n) is 1.53. The Morgan fingerprint density at radius 3 is 2.73 bits per heavy atom. The topological polar surface area (TPSA) is 37.8 Å². The molecule has 1 unspecified atom stereocenters. The molecule has 0 fully saturated rings. The zero-order valence-electron chi connectivity index (χ0n) is 8.55. The molecule has 2 aromatic rings. The summed E-state index contributed by atoms with van der Waals surface area (Å²) in [7, 11) is 1.97. The Hall–Kier alpha value is -1.26. The third-order valence-electron chi connectivity index (χ3n) is 2.34. The Balaban J connectivity index is 2.12. The van der Waals surface area contributed by atoms with Crippen LogP contribution in [0.15, 0.2) is 36.7 Å². The Labute approximate surface area is 93.4 Å². The van der Waals surface area contributed by atoms with Crippen LogP contribution in [0.3, 0.4) is 0 Å². The molecule has 0 saturated heterocycles. The molecular weight excluding hydrogens is 206 g/mol. The van der Waals surface area contributed by atoms with E-state index in [0.717, 1.165) is 11.4 Å². The molecule has 0 aliphatic heterocycles. The Morgan fingerprint density at radius 2 is 2.13 bits per heavy atom. The van der Waals surface area contributed by atoms with Crippen molar-refractivity contribution in [3.05, 3.63) is 47.2 Å². The average Bonchev–Trinajstić information content (AvgIpc) is 2.80. The van der Waals surface area contributed by atoms with Crippen LogP contribution in [0.5, 0.6) is 0 Å². The number of benzene rings is 1. The van der Waals surface area contributed by atoms with Crippen molar-refractivity contribution in [2.75, 3.05) is 7.05 Å². The van der Waals surface area contributed by atoms with Gasteiger partial charge in [0.05, 0.1) is 0 Å². The number of likely N-dealkylation sites (N-methyl/N-ethyl adjacent to an activating group) is 1. The van der Waals surface area contributed by atoms with Crippen molar-refractivity contribution in [1.82, 2.24) is 14.7 Å². The molecule has 1 aromatic heterocycles. The lowest BCUT2D eigenvalue weighted by Gasteiger charge is -2.14. The fourth-order valence-corrected chi connectivity index (χ4v) is 2.08. The molecule has 0 bridgehead atoms. The summed E-state index contributed by atoms with van der Waals surface area (Å²) < 4.78 is 4.01. The number of aromatic nitrogens is 2. The third-order valence-corrected chi connectivity index (χ3v) is 3.02. The van der Waals surface area contributed by atoms with Gasteiger partial charge in [0.1, 0.15) is 11.3 Å². The van der Waals surface area contributed by atoms with Crippen LogP contribution in [0.1, 0.15) is 16.6 Å². The highest BCUT2D eigenvalue weighted by atomic mass is 32.1. The molecular formula is C11H13N3S. The summed E-state index contributed by atoms with van der Waals surface area (Å²) in [6.07, 6.45) is 2.50. The quantitative estimate of drug-likeness (QED) is 0.855. The molecule has 1 heterocycles. The van der Waals surface area contributed by atoms with Crippen molar-refractivity contribution in [1.29, 1.82) is 0 Å². The minimum Gasteiger partial charge on any atom is -0.313 e. The summed E-state index contributed by atoms with van der Waals surface area (Å²) in [5.74, 6) is 0. The Morgan fingerprint density at radius 1 is 1.33 bits per heavy atom. The van der Waals surface area contributed by atoms with Gasteiger partial charge in [0, 0.05) is 12.5 Å². The van der Waals surface area contributed by atoms with E-state index in [1.807, 2.05) is 13.1 Å². The largest absolute Gasteiger partial charge is 0.313 e. The molecule has 0 amide bonds. The first-order chi connectivity index (χ1) is 7.40. The molecule has 0 aliphatic carbocycles. The smallest absolute Gasteiger partial charge is 0.129 e. The van der Waals surface area contributed by atoms with Gasteiger partial charge in [-0.05, 0) is 24.1 Å². The summed E-state index contributed by atoms with van der Waals surface area (Å²) in [6, 6.07) is 10.7. The number of nitrogens with zero attached hydrogens (tertiary/aromatic N) is 2. The monoisotopic (exact) mass is 219 g/mol. The molecule has 3 nitrogen and oxygen atoms in total. The molecule has 78 valence electrons. The minimum atomic E-state index is 0.319. The molecule has 4 heteroatoms. The number of hydrogen-bond acceptors (Lipinski definition) is 4. The van der Waals surface area contributed by atoms with E-state index in [-0.39, 0.29) is 0 Å². The number of hydrogen-bond donors (Lipinski definition) is 1. The van der Waals surface area contributed by atoms with Gasteiger partial charge in [-0.15, -0.1) is 0 Å². The maximum Gasteiger partial charge on any atom is 0.129 e. The zero-order valence-corrected chi connectivity index (χ0v) is 9.37. The van der Waals surface area contributed by atoms with E-state index in [2.05, 4.69) is 38.9 Å². The lowest BCUT2D eigenvalue weighted by atomic mass is 10.0. The molecule has 1 N–H and O–H groups in total. The molecule has 0 aliphatic rings. The first-order valence-corrected chi connectivity index (χ1v) is 5.65. The van der Waals surface area contributed by atoms with E-state index in [1.165, 1.54) is 17.1 Å². The summed E-state index contributed by atoms with van der Waals surface area (Å²) in [5, 5.41) is 4.36. The maximum atomic E-state index is 4.20. The summed E-state index contributed by atoms with van der Waals surface area (Å²) in [5.41, 5.74) is 1.29. The second-order valence-corrected chi connectivity index (χ2v) is 4.16. The molecule has 0 spiro atoms. The summed E-state index contributed by atoms with van der Waals surface area (Å²) >= 11 is 1.46.